The summed E-state index contributed by atoms with van der Waals surface area (Å²) in [6.07, 6.45) is 0.794. The lowest BCUT2D eigenvalue weighted by Crippen LogP contribution is -2.25. The van der Waals surface area contributed by atoms with Gasteiger partial charge in [-0.1, -0.05) is 36.4 Å². The van der Waals surface area contributed by atoms with Crippen LogP contribution in [0.3, 0.4) is 0 Å². The van der Waals surface area contributed by atoms with Crippen molar-refractivity contribution in [2.75, 3.05) is 6.54 Å². The molecule has 7 heteroatoms. The molecule has 1 aliphatic rings. The van der Waals surface area contributed by atoms with E-state index in [-0.39, 0.29) is 5.91 Å². The fraction of sp³-hybridized carbons (Fsp3) is 0.261. The van der Waals surface area contributed by atoms with Gasteiger partial charge in [0.1, 0.15) is 11.5 Å². The summed E-state index contributed by atoms with van der Waals surface area (Å²) in [4.78, 5) is 23.9. The number of thiazole rings is 1. The maximum Gasteiger partial charge on any atom is 0.273 e. The molecule has 3 heterocycles. The van der Waals surface area contributed by atoms with Gasteiger partial charge in [-0.25, -0.2) is 9.97 Å². The van der Waals surface area contributed by atoms with Crippen molar-refractivity contribution in [3.05, 3.63) is 81.6 Å². The molecule has 0 bridgehead atoms. The lowest BCUT2D eigenvalue weighted by Gasteiger charge is -2.13. The second-order valence-corrected chi connectivity index (χ2v) is 8.50. The number of hydrogen-bond donors (Lipinski definition) is 1. The van der Waals surface area contributed by atoms with Crippen molar-refractivity contribution in [2.45, 2.75) is 26.1 Å². The maximum absolute atomic E-state index is 12.8. The van der Waals surface area contributed by atoms with Crippen LogP contribution in [0.5, 0.6) is 0 Å². The van der Waals surface area contributed by atoms with Crippen molar-refractivity contribution in [2.24, 2.45) is 7.05 Å². The van der Waals surface area contributed by atoms with Gasteiger partial charge < -0.3 is 14.8 Å². The van der Waals surface area contributed by atoms with E-state index < -0.39 is 0 Å². The number of aryl methyl sites for hydroxylation is 1. The van der Waals surface area contributed by atoms with Crippen LogP contribution in [0.4, 0.5) is 0 Å². The minimum Gasteiger partial charge on any atom is -0.330 e. The average Bonchev–Trinajstić information content (AvgIpc) is 3.48. The van der Waals surface area contributed by atoms with Gasteiger partial charge in [0.15, 0.2) is 0 Å². The largest absolute Gasteiger partial charge is 0.330 e. The zero-order valence-corrected chi connectivity index (χ0v) is 17.7. The molecule has 0 saturated heterocycles. The number of imidazole rings is 1. The molecular weight excluding hydrogens is 394 g/mol. The number of nitrogens with zero attached hydrogens (tertiary/aromatic N) is 4. The number of aromatic nitrogens is 3. The Morgan fingerprint density at radius 2 is 1.80 bits per heavy atom. The molecule has 1 N–H and O–H groups in total. The first-order chi connectivity index (χ1) is 14.7. The highest BCUT2D eigenvalue weighted by Gasteiger charge is 2.25. The van der Waals surface area contributed by atoms with E-state index in [1.807, 2.05) is 47.7 Å². The first-order valence-electron chi connectivity index (χ1n) is 10.1. The zero-order valence-electron chi connectivity index (χ0n) is 16.8. The molecular formula is C23H23N5OS. The van der Waals surface area contributed by atoms with Crippen molar-refractivity contribution < 1.29 is 4.79 Å². The molecule has 4 aromatic rings. The van der Waals surface area contributed by atoms with Gasteiger partial charge in [-0.15, -0.1) is 11.3 Å². The number of nitrogens with one attached hydrogen (secondary N) is 1. The van der Waals surface area contributed by atoms with Gasteiger partial charge in [0.25, 0.3) is 5.91 Å². The second kappa shape index (κ2) is 8.01. The van der Waals surface area contributed by atoms with Gasteiger partial charge in [0.05, 0.1) is 22.6 Å². The van der Waals surface area contributed by atoms with Crippen LogP contribution in [0.2, 0.25) is 0 Å². The second-order valence-electron chi connectivity index (χ2n) is 7.56. The Morgan fingerprint density at radius 1 is 1.07 bits per heavy atom. The van der Waals surface area contributed by atoms with Crippen LogP contribution in [0.25, 0.3) is 11.0 Å². The van der Waals surface area contributed by atoms with Gasteiger partial charge in [0.2, 0.25) is 0 Å². The molecule has 0 radical (unpaired) electrons. The number of hydrogen-bond acceptors (Lipinski definition) is 5. The fourth-order valence-electron chi connectivity index (χ4n) is 3.91. The Hall–Kier alpha value is -3.03. The van der Waals surface area contributed by atoms with E-state index in [0.29, 0.717) is 25.3 Å². The van der Waals surface area contributed by atoms with Crippen LogP contribution in [0.1, 0.15) is 32.4 Å². The standard InChI is InChI=1S/C23H23N5OS/c1-27-20-9-5-4-8-18(20)25-21(27)12-24-11-10-22-26-19(15-30-22)23(29)28-13-16-6-2-3-7-17(16)14-28/h2-9,15,24H,10-14H2,1H3. The fourth-order valence-corrected chi connectivity index (χ4v) is 4.68. The van der Waals surface area contributed by atoms with Crippen LogP contribution in [-0.2, 0) is 33.1 Å². The molecule has 0 atom stereocenters. The predicted molar refractivity (Wildman–Crippen MR) is 118 cm³/mol. The van der Waals surface area contributed by atoms with Crippen molar-refractivity contribution in [3.8, 4) is 0 Å². The van der Waals surface area contributed by atoms with Crippen molar-refractivity contribution in [1.29, 1.82) is 0 Å². The van der Waals surface area contributed by atoms with Crippen molar-refractivity contribution in [3.63, 3.8) is 0 Å². The third kappa shape index (κ3) is 3.62. The quantitative estimate of drug-likeness (QED) is 0.488. The molecule has 2 aromatic heterocycles. The third-order valence-electron chi connectivity index (χ3n) is 5.58. The Bertz CT molecular complexity index is 1190. The van der Waals surface area contributed by atoms with Gasteiger partial charge in [-0.2, -0.15) is 0 Å². The van der Waals surface area contributed by atoms with E-state index in [1.54, 1.807) is 11.3 Å². The van der Waals surface area contributed by atoms with E-state index in [4.69, 9.17) is 0 Å². The molecule has 1 aliphatic heterocycles. The lowest BCUT2D eigenvalue weighted by molar-refractivity contribution is 0.0746. The first kappa shape index (κ1) is 19.0. The first-order valence-corrected chi connectivity index (χ1v) is 11.0. The molecule has 0 spiro atoms. The van der Waals surface area contributed by atoms with E-state index in [9.17, 15) is 4.79 Å². The predicted octanol–water partition coefficient (Wildman–Crippen LogP) is 3.52. The highest BCUT2D eigenvalue weighted by molar-refractivity contribution is 7.09. The Labute approximate surface area is 179 Å². The lowest BCUT2D eigenvalue weighted by atomic mass is 10.1. The molecule has 0 aliphatic carbocycles. The summed E-state index contributed by atoms with van der Waals surface area (Å²) in [6, 6.07) is 16.4. The minimum absolute atomic E-state index is 0.0151. The molecule has 2 aromatic carbocycles. The monoisotopic (exact) mass is 417 g/mol. The van der Waals surface area contributed by atoms with Crippen molar-refractivity contribution in [1.82, 2.24) is 24.8 Å². The number of fused-ring (bicyclic) bond motifs is 2. The van der Waals surface area contributed by atoms with Crippen LogP contribution >= 0.6 is 11.3 Å². The number of carbonyl (C=O) groups is 1. The summed E-state index contributed by atoms with van der Waals surface area (Å²) in [5.41, 5.74) is 5.17. The van der Waals surface area contributed by atoms with Crippen LogP contribution < -0.4 is 5.32 Å². The van der Waals surface area contributed by atoms with Gasteiger partial charge in [0, 0.05) is 38.5 Å². The topological polar surface area (TPSA) is 63.1 Å². The Morgan fingerprint density at radius 3 is 2.57 bits per heavy atom. The highest BCUT2D eigenvalue weighted by atomic mass is 32.1. The van der Waals surface area contributed by atoms with Crippen LogP contribution in [-0.4, -0.2) is 31.9 Å². The summed E-state index contributed by atoms with van der Waals surface area (Å²) in [5, 5.41) is 6.31. The molecule has 0 fully saturated rings. The number of rotatable bonds is 6. The summed E-state index contributed by atoms with van der Waals surface area (Å²) in [5.74, 6) is 1.03. The molecule has 6 nitrogen and oxygen atoms in total. The Kier molecular flexibility index (Phi) is 5.06. The van der Waals surface area contributed by atoms with E-state index in [2.05, 4.69) is 38.1 Å². The molecule has 0 unspecified atom stereocenters. The Balaban J connectivity index is 1.15. The summed E-state index contributed by atoms with van der Waals surface area (Å²) in [7, 11) is 2.04. The van der Waals surface area contributed by atoms with Crippen LogP contribution in [0, 0.1) is 0 Å². The molecule has 30 heavy (non-hydrogen) atoms. The maximum atomic E-state index is 12.8. The summed E-state index contributed by atoms with van der Waals surface area (Å²) in [6.45, 7) is 2.83. The smallest absolute Gasteiger partial charge is 0.273 e. The normalized spacial score (nSPS) is 13.2. The minimum atomic E-state index is 0.0151. The highest BCUT2D eigenvalue weighted by Crippen LogP contribution is 2.24. The number of para-hydroxylation sites is 2. The summed E-state index contributed by atoms with van der Waals surface area (Å²) < 4.78 is 2.12. The van der Waals surface area contributed by atoms with Crippen LogP contribution in [0.15, 0.2) is 53.9 Å². The van der Waals surface area contributed by atoms with E-state index >= 15 is 0 Å². The average molecular weight is 418 g/mol. The molecule has 5 rings (SSSR count). The van der Waals surface area contributed by atoms with Crippen molar-refractivity contribution >= 4 is 28.3 Å². The van der Waals surface area contributed by atoms with E-state index in [0.717, 1.165) is 34.8 Å². The van der Waals surface area contributed by atoms with Gasteiger partial charge in [-0.05, 0) is 23.3 Å². The SMILES string of the molecule is Cn1c(CNCCc2nc(C(=O)N3Cc4ccccc4C3)cs2)nc2ccccc21. The zero-order chi connectivity index (χ0) is 20.5. The van der Waals surface area contributed by atoms with Gasteiger partial charge in [-0.3, -0.25) is 4.79 Å². The molecule has 152 valence electrons. The molecule has 0 saturated carbocycles. The van der Waals surface area contributed by atoms with E-state index in [1.165, 1.54) is 11.1 Å². The third-order valence-corrected chi connectivity index (χ3v) is 6.49. The number of carbonyl (C=O) groups excluding carboxylic acids is 1. The number of benzene rings is 2. The molecule has 1 amide bonds. The summed E-state index contributed by atoms with van der Waals surface area (Å²) >= 11 is 1.55. The van der Waals surface area contributed by atoms with Gasteiger partial charge >= 0.3 is 0 Å². The number of amides is 1.